The first-order chi connectivity index (χ1) is 13.2. The van der Waals surface area contributed by atoms with Crippen molar-refractivity contribution in [2.24, 2.45) is 5.92 Å². The summed E-state index contributed by atoms with van der Waals surface area (Å²) in [6.45, 7) is 2.12. The van der Waals surface area contributed by atoms with Crippen LogP contribution < -0.4 is 9.64 Å². The van der Waals surface area contributed by atoms with E-state index in [1.165, 1.54) is 12.8 Å². The van der Waals surface area contributed by atoms with E-state index in [0.717, 1.165) is 22.7 Å². The number of rotatable bonds is 6. The maximum absolute atomic E-state index is 13.3. The summed E-state index contributed by atoms with van der Waals surface area (Å²) in [5.74, 6) is 1.26. The lowest BCUT2D eigenvalue weighted by atomic mass is 10.1. The predicted molar refractivity (Wildman–Crippen MR) is 106 cm³/mol. The van der Waals surface area contributed by atoms with Crippen LogP contribution in [0, 0.1) is 5.92 Å². The average Bonchev–Trinajstić information content (AvgIpc) is 3.45. The smallest absolute Gasteiger partial charge is 0.276 e. The van der Waals surface area contributed by atoms with Crippen LogP contribution in [0.2, 0.25) is 0 Å². The molecule has 1 heterocycles. The third-order valence-electron chi connectivity index (χ3n) is 5.16. The van der Waals surface area contributed by atoms with Crippen molar-refractivity contribution in [2.45, 2.75) is 25.8 Å². The molecule has 1 N–H and O–H groups in total. The molecule has 1 aliphatic rings. The number of H-pyrrole nitrogens is 1. The standard InChI is InChI=1S/C22H23N3O2/c1-15(16-8-9-16)25(18-10-12-19(27-2)13-11-18)22(26)21-14-20(23-24-21)17-6-4-3-5-7-17/h3-7,10-16H,8-9H2,1-2H3,(H,23,24). The number of benzene rings is 2. The number of hydrogen-bond acceptors (Lipinski definition) is 3. The molecule has 1 aliphatic carbocycles. The first-order valence-corrected chi connectivity index (χ1v) is 9.26. The number of ether oxygens (including phenoxy) is 1. The van der Waals surface area contributed by atoms with Gasteiger partial charge in [0, 0.05) is 17.3 Å². The van der Waals surface area contributed by atoms with Crippen LogP contribution in [0.4, 0.5) is 5.69 Å². The average molecular weight is 361 g/mol. The minimum Gasteiger partial charge on any atom is -0.497 e. The van der Waals surface area contributed by atoms with Gasteiger partial charge in [-0.05, 0) is 56.0 Å². The molecule has 0 aliphatic heterocycles. The maximum atomic E-state index is 13.3. The van der Waals surface area contributed by atoms with Gasteiger partial charge < -0.3 is 9.64 Å². The molecule has 0 spiro atoms. The number of aromatic amines is 1. The van der Waals surface area contributed by atoms with Gasteiger partial charge in [0.2, 0.25) is 0 Å². The van der Waals surface area contributed by atoms with E-state index >= 15 is 0 Å². The summed E-state index contributed by atoms with van der Waals surface area (Å²) in [7, 11) is 1.64. The minimum atomic E-state index is -0.0609. The monoisotopic (exact) mass is 361 g/mol. The number of hydrogen-bond donors (Lipinski definition) is 1. The highest BCUT2D eigenvalue weighted by Crippen LogP contribution is 2.38. The van der Waals surface area contributed by atoms with Crippen molar-refractivity contribution in [2.75, 3.05) is 12.0 Å². The number of methoxy groups -OCH3 is 1. The van der Waals surface area contributed by atoms with Gasteiger partial charge in [-0.25, -0.2) is 0 Å². The fourth-order valence-corrected chi connectivity index (χ4v) is 3.39. The molecule has 1 saturated carbocycles. The van der Waals surface area contributed by atoms with Crippen molar-refractivity contribution >= 4 is 11.6 Å². The second kappa shape index (κ2) is 7.27. The fourth-order valence-electron chi connectivity index (χ4n) is 3.39. The largest absolute Gasteiger partial charge is 0.497 e. The first kappa shape index (κ1) is 17.3. The highest BCUT2D eigenvalue weighted by Gasteiger charge is 2.36. The molecule has 27 heavy (non-hydrogen) atoms. The Balaban J connectivity index is 1.65. The molecule has 0 saturated heterocycles. The molecule has 1 unspecified atom stereocenters. The zero-order valence-electron chi connectivity index (χ0n) is 15.6. The number of nitrogens with zero attached hydrogens (tertiary/aromatic N) is 2. The van der Waals surface area contributed by atoms with Gasteiger partial charge in [0.05, 0.1) is 12.8 Å². The topological polar surface area (TPSA) is 58.2 Å². The van der Waals surface area contributed by atoms with E-state index in [0.29, 0.717) is 11.6 Å². The Hall–Kier alpha value is -3.08. The Morgan fingerprint density at radius 3 is 2.48 bits per heavy atom. The number of amides is 1. The maximum Gasteiger partial charge on any atom is 0.276 e. The molecule has 1 amide bonds. The second-order valence-electron chi connectivity index (χ2n) is 6.98. The Kier molecular flexibility index (Phi) is 4.67. The van der Waals surface area contributed by atoms with Crippen molar-refractivity contribution in [3.63, 3.8) is 0 Å². The van der Waals surface area contributed by atoms with E-state index in [-0.39, 0.29) is 11.9 Å². The summed E-state index contributed by atoms with van der Waals surface area (Å²) in [5, 5.41) is 7.26. The van der Waals surface area contributed by atoms with E-state index in [9.17, 15) is 4.79 Å². The number of anilines is 1. The Labute approximate surface area is 159 Å². The van der Waals surface area contributed by atoms with Crippen LogP contribution >= 0.6 is 0 Å². The summed E-state index contributed by atoms with van der Waals surface area (Å²) in [5.41, 5.74) is 3.12. The van der Waals surface area contributed by atoms with Crippen LogP contribution in [0.25, 0.3) is 11.3 Å². The quantitative estimate of drug-likeness (QED) is 0.702. The van der Waals surface area contributed by atoms with Crippen LogP contribution in [-0.2, 0) is 0 Å². The number of carbonyl (C=O) groups excluding carboxylic acids is 1. The van der Waals surface area contributed by atoms with E-state index in [2.05, 4.69) is 17.1 Å². The Morgan fingerprint density at radius 2 is 1.85 bits per heavy atom. The summed E-state index contributed by atoms with van der Waals surface area (Å²) < 4.78 is 5.25. The van der Waals surface area contributed by atoms with Crippen molar-refractivity contribution in [3.05, 3.63) is 66.4 Å². The third-order valence-corrected chi connectivity index (χ3v) is 5.16. The van der Waals surface area contributed by atoms with Crippen LogP contribution in [0.1, 0.15) is 30.3 Å². The Bertz CT molecular complexity index is 914. The van der Waals surface area contributed by atoms with E-state index in [4.69, 9.17) is 4.74 Å². The molecule has 0 bridgehead atoms. The molecule has 3 aromatic rings. The van der Waals surface area contributed by atoms with Gasteiger partial charge in [-0.1, -0.05) is 30.3 Å². The molecular formula is C22H23N3O2. The molecule has 1 aromatic heterocycles. The van der Waals surface area contributed by atoms with E-state index in [1.807, 2.05) is 65.6 Å². The molecular weight excluding hydrogens is 338 g/mol. The molecule has 1 atom stereocenters. The van der Waals surface area contributed by atoms with Gasteiger partial charge in [-0.2, -0.15) is 5.10 Å². The molecule has 1 fully saturated rings. The summed E-state index contributed by atoms with van der Waals surface area (Å²) >= 11 is 0. The highest BCUT2D eigenvalue weighted by molar-refractivity contribution is 6.05. The van der Waals surface area contributed by atoms with Crippen molar-refractivity contribution in [1.29, 1.82) is 0 Å². The lowest BCUT2D eigenvalue weighted by Gasteiger charge is -2.29. The summed E-state index contributed by atoms with van der Waals surface area (Å²) in [6.07, 6.45) is 2.33. The number of carbonyl (C=O) groups is 1. The van der Waals surface area contributed by atoms with Crippen molar-refractivity contribution in [1.82, 2.24) is 10.2 Å². The third kappa shape index (κ3) is 3.58. The Morgan fingerprint density at radius 1 is 1.15 bits per heavy atom. The minimum absolute atomic E-state index is 0.0609. The molecule has 5 nitrogen and oxygen atoms in total. The van der Waals surface area contributed by atoms with Gasteiger partial charge >= 0.3 is 0 Å². The van der Waals surface area contributed by atoms with Gasteiger partial charge in [-0.15, -0.1) is 0 Å². The van der Waals surface area contributed by atoms with Gasteiger partial charge in [-0.3, -0.25) is 9.89 Å². The number of nitrogens with one attached hydrogen (secondary N) is 1. The van der Waals surface area contributed by atoms with Crippen molar-refractivity contribution in [3.8, 4) is 17.0 Å². The van der Waals surface area contributed by atoms with Crippen molar-refractivity contribution < 1.29 is 9.53 Å². The molecule has 5 heteroatoms. The summed E-state index contributed by atoms with van der Waals surface area (Å²) in [6, 6.07) is 19.5. The highest BCUT2D eigenvalue weighted by atomic mass is 16.5. The van der Waals surface area contributed by atoms with Crippen LogP contribution in [0.5, 0.6) is 5.75 Å². The van der Waals surface area contributed by atoms with E-state index < -0.39 is 0 Å². The second-order valence-corrected chi connectivity index (χ2v) is 6.98. The first-order valence-electron chi connectivity index (χ1n) is 9.26. The SMILES string of the molecule is COc1ccc(N(C(=O)c2cc(-c3ccccc3)n[nH]2)C(C)C2CC2)cc1. The normalized spacial score (nSPS) is 14.6. The molecule has 2 aromatic carbocycles. The summed E-state index contributed by atoms with van der Waals surface area (Å²) in [4.78, 5) is 15.2. The van der Waals surface area contributed by atoms with Crippen LogP contribution in [-0.4, -0.2) is 29.3 Å². The lowest BCUT2D eigenvalue weighted by molar-refractivity contribution is 0.0971. The molecule has 138 valence electrons. The van der Waals surface area contributed by atoms with Gasteiger partial charge in [0.25, 0.3) is 5.91 Å². The fraction of sp³-hybridized carbons (Fsp3) is 0.273. The van der Waals surface area contributed by atoms with Crippen LogP contribution in [0.3, 0.4) is 0 Å². The zero-order valence-corrected chi connectivity index (χ0v) is 15.6. The molecule has 4 rings (SSSR count). The van der Waals surface area contributed by atoms with E-state index in [1.54, 1.807) is 7.11 Å². The molecule has 0 radical (unpaired) electrons. The van der Waals surface area contributed by atoms with Gasteiger partial charge in [0.1, 0.15) is 11.4 Å². The van der Waals surface area contributed by atoms with Gasteiger partial charge in [0.15, 0.2) is 0 Å². The lowest BCUT2D eigenvalue weighted by Crippen LogP contribution is -2.40. The number of aromatic nitrogens is 2. The predicted octanol–water partition coefficient (Wildman–Crippen LogP) is 4.53. The van der Waals surface area contributed by atoms with Crippen LogP contribution in [0.15, 0.2) is 60.7 Å². The zero-order chi connectivity index (χ0) is 18.8.